The fourth-order valence-corrected chi connectivity index (χ4v) is 3.46. The second-order valence-corrected chi connectivity index (χ2v) is 7.79. The Morgan fingerprint density at radius 1 is 0.875 bits per heavy atom. The van der Waals surface area contributed by atoms with Gasteiger partial charge in [-0.05, 0) is 65.5 Å². The summed E-state index contributed by atoms with van der Waals surface area (Å²) in [4.78, 5) is 29.3. The molecule has 6 nitrogen and oxygen atoms in total. The zero-order valence-electron chi connectivity index (χ0n) is 17.1. The number of anilines is 1. The van der Waals surface area contributed by atoms with Gasteiger partial charge in [-0.2, -0.15) is 0 Å². The van der Waals surface area contributed by atoms with Gasteiger partial charge in [0.25, 0.3) is 5.91 Å². The van der Waals surface area contributed by atoms with Crippen LogP contribution in [-0.4, -0.2) is 16.9 Å². The number of nitrogens with zero attached hydrogens (tertiary/aromatic N) is 1. The van der Waals surface area contributed by atoms with Gasteiger partial charge in [0.05, 0.1) is 16.1 Å². The Morgan fingerprint density at radius 2 is 1.69 bits per heavy atom. The number of amides is 1. The summed E-state index contributed by atoms with van der Waals surface area (Å²) in [5, 5.41) is 4.64. The molecule has 0 aliphatic carbocycles. The highest BCUT2D eigenvalue weighted by atomic mass is 32.1. The van der Waals surface area contributed by atoms with Crippen LogP contribution in [0.25, 0.3) is 0 Å². The van der Waals surface area contributed by atoms with Crippen LogP contribution in [-0.2, 0) is 18.0 Å². The minimum atomic E-state index is -0.434. The highest BCUT2D eigenvalue weighted by Gasteiger charge is 2.10. The Morgan fingerprint density at radius 3 is 2.38 bits per heavy atom. The highest BCUT2D eigenvalue weighted by Crippen LogP contribution is 2.17. The Hall–Kier alpha value is -3.97. The van der Waals surface area contributed by atoms with E-state index in [1.165, 1.54) is 11.3 Å². The predicted octanol–water partition coefficient (Wildman–Crippen LogP) is 5.33. The molecule has 2 aromatic heterocycles. The van der Waals surface area contributed by atoms with Gasteiger partial charge < -0.3 is 14.8 Å². The monoisotopic (exact) mass is 444 g/mol. The van der Waals surface area contributed by atoms with E-state index in [1.54, 1.807) is 36.5 Å². The normalized spacial score (nSPS) is 10.4. The van der Waals surface area contributed by atoms with E-state index in [2.05, 4.69) is 10.3 Å². The molecule has 2 aromatic carbocycles. The maximum atomic E-state index is 12.3. The van der Waals surface area contributed by atoms with Crippen molar-refractivity contribution in [3.63, 3.8) is 0 Å². The van der Waals surface area contributed by atoms with Crippen molar-refractivity contribution >= 4 is 28.9 Å². The molecule has 1 amide bonds. The molecule has 0 unspecified atom stereocenters. The summed E-state index contributed by atoms with van der Waals surface area (Å²) in [5.41, 5.74) is 2.72. The second-order valence-electron chi connectivity index (χ2n) is 6.84. The van der Waals surface area contributed by atoms with Gasteiger partial charge in [0.15, 0.2) is 0 Å². The lowest BCUT2D eigenvalue weighted by atomic mass is 10.2. The average molecular weight is 445 g/mol. The van der Waals surface area contributed by atoms with E-state index in [0.717, 1.165) is 11.3 Å². The van der Waals surface area contributed by atoms with Crippen molar-refractivity contribution in [3.8, 4) is 5.75 Å². The number of nitrogens with one attached hydrogen (secondary N) is 1. The zero-order chi connectivity index (χ0) is 22.2. The molecule has 2 heterocycles. The average Bonchev–Trinajstić information content (AvgIpc) is 3.38. The van der Waals surface area contributed by atoms with Crippen molar-refractivity contribution in [1.82, 2.24) is 4.98 Å². The third-order valence-corrected chi connectivity index (χ3v) is 5.40. The van der Waals surface area contributed by atoms with Crippen LogP contribution in [0.3, 0.4) is 0 Å². The molecule has 160 valence electrons. The van der Waals surface area contributed by atoms with Crippen molar-refractivity contribution in [1.29, 1.82) is 0 Å². The number of carbonyl (C=O) groups is 2. The van der Waals surface area contributed by atoms with E-state index in [0.29, 0.717) is 28.5 Å². The number of ether oxygens (including phenoxy) is 2. The third kappa shape index (κ3) is 5.80. The van der Waals surface area contributed by atoms with E-state index in [4.69, 9.17) is 9.47 Å². The molecule has 0 bridgehead atoms. The van der Waals surface area contributed by atoms with Crippen LogP contribution in [0.5, 0.6) is 5.75 Å². The lowest BCUT2D eigenvalue weighted by Crippen LogP contribution is -2.10. The Bertz CT molecular complexity index is 1160. The third-order valence-electron chi connectivity index (χ3n) is 4.53. The number of thiophene rings is 1. The molecule has 0 spiro atoms. The summed E-state index contributed by atoms with van der Waals surface area (Å²) in [6.07, 6.45) is 1.73. The van der Waals surface area contributed by atoms with Gasteiger partial charge in [0.2, 0.25) is 0 Å². The highest BCUT2D eigenvalue weighted by molar-refractivity contribution is 7.12. The van der Waals surface area contributed by atoms with Crippen molar-refractivity contribution in [3.05, 3.63) is 112 Å². The zero-order valence-corrected chi connectivity index (χ0v) is 17.9. The molecule has 0 radical (unpaired) electrons. The molecule has 0 aliphatic rings. The van der Waals surface area contributed by atoms with E-state index >= 15 is 0 Å². The molecule has 0 saturated heterocycles. The first-order chi connectivity index (χ1) is 15.7. The van der Waals surface area contributed by atoms with Crippen LogP contribution in [0.4, 0.5) is 5.69 Å². The molecule has 0 atom stereocenters. The van der Waals surface area contributed by atoms with E-state index in [-0.39, 0.29) is 12.5 Å². The standard InChI is InChI=1S/C25H20N2O4S/c28-24(23-5-3-15-32-23)27-20-10-8-19(9-11-20)25(29)31-16-18-6-12-22(13-7-18)30-17-21-4-1-2-14-26-21/h1-15H,16-17H2,(H,27,28). The number of hydrogen-bond donors (Lipinski definition) is 1. The Kier molecular flexibility index (Phi) is 6.89. The lowest BCUT2D eigenvalue weighted by Gasteiger charge is -2.08. The van der Waals surface area contributed by atoms with Gasteiger partial charge >= 0.3 is 5.97 Å². The first-order valence-electron chi connectivity index (χ1n) is 9.91. The van der Waals surface area contributed by atoms with Crippen LogP contribution in [0.15, 0.2) is 90.4 Å². The largest absolute Gasteiger partial charge is 0.487 e. The summed E-state index contributed by atoms with van der Waals surface area (Å²) in [7, 11) is 0. The van der Waals surface area contributed by atoms with Crippen molar-refractivity contribution in [2.24, 2.45) is 0 Å². The van der Waals surface area contributed by atoms with Gasteiger partial charge in [0, 0.05) is 11.9 Å². The van der Waals surface area contributed by atoms with Crippen molar-refractivity contribution in [2.75, 3.05) is 5.32 Å². The molecule has 0 saturated carbocycles. The van der Waals surface area contributed by atoms with Gasteiger partial charge in [0.1, 0.15) is 19.0 Å². The summed E-state index contributed by atoms with van der Waals surface area (Å²) < 4.78 is 11.1. The molecule has 32 heavy (non-hydrogen) atoms. The smallest absolute Gasteiger partial charge is 0.338 e. The molecule has 7 heteroatoms. The van der Waals surface area contributed by atoms with Crippen molar-refractivity contribution < 1.29 is 19.1 Å². The van der Waals surface area contributed by atoms with Crippen LogP contribution in [0.2, 0.25) is 0 Å². The minimum absolute atomic E-state index is 0.149. The van der Waals surface area contributed by atoms with E-state index in [9.17, 15) is 9.59 Å². The molecule has 1 N–H and O–H groups in total. The predicted molar refractivity (Wildman–Crippen MR) is 123 cm³/mol. The number of hydrogen-bond acceptors (Lipinski definition) is 6. The molecule has 4 aromatic rings. The first-order valence-corrected chi connectivity index (χ1v) is 10.8. The summed E-state index contributed by atoms with van der Waals surface area (Å²) in [6.45, 7) is 0.537. The summed E-state index contributed by atoms with van der Waals surface area (Å²) >= 11 is 1.37. The second kappa shape index (κ2) is 10.4. The fraction of sp³-hybridized carbons (Fsp3) is 0.0800. The van der Waals surface area contributed by atoms with Gasteiger partial charge in [-0.25, -0.2) is 4.79 Å². The lowest BCUT2D eigenvalue weighted by molar-refractivity contribution is 0.0472. The first kappa shape index (κ1) is 21.3. The maximum Gasteiger partial charge on any atom is 0.338 e. The van der Waals surface area contributed by atoms with Gasteiger partial charge in [-0.3, -0.25) is 9.78 Å². The summed E-state index contributed by atoms with van der Waals surface area (Å²) in [6, 6.07) is 23.2. The number of aromatic nitrogens is 1. The topological polar surface area (TPSA) is 77.5 Å². The molecule has 0 aliphatic heterocycles. The molecule has 0 fully saturated rings. The molecular weight excluding hydrogens is 424 g/mol. The minimum Gasteiger partial charge on any atom is -0.487 e. The van der Waals surface area contributed by atoms with Gasteiger partial charge in [-0.15, -0.1) is 11.3 Å². The fourth-order valence-electron chi connectivity index (χ4n) is 2.84. The number of benzene rings is 2. The van der Waals surface area contributed by atoms with E-state index < -0.39 is 5.97 Å². The van der Waals surface area contributed by atoms with Crippen molar-refractivity contribution in [2.45, 2.75) is 13.2 Å². The number of rotatable bonds is 8. The Balaban J connectivity index is 1.25. The summed E-state index contributed by atoms with van der Waals surface area (Å²) in [5.74, 6) is 0.102. The molecule has 4 rings (SSSR count). The van der Waals surface area contributed by atoms with E-state index in [1.807, 2.05) is 53.9 Å². The SMILES string of the molecule is O=C(OCc1ccc(OCc2ccccn2)cc1)c1ccc(NC(=O)c2cccs2)cc1. The number of pyridine rings is 1. The number of esters is 1. The van der Waals surface area contributed by atoms with Crippen LogP contribution >= 0.6 is 11.3 Å². The van der Waals surface area contributed by atoms with Gasteiger partial charge in [-0.1, -0.05) is 24.3 Å². The van der Waals surface area contributed by atoms with Crippen LogP contribution in [0, 0.1) is 0 Å². The molecular formula is C25H20N2O4S. The quantitative estimate of drug-likeness (QED) is 0.372. The van der Waals surface area contributed by atoms with Crippen LogP contribution in [0.1, 0.15) is 31.3 Å². The van der Waals surface area contributed by atoms with Crippen LogP contribution < -0.4 is 10.1 Å². The maximum absolute atomic E-state index is 12.3. The number of carbonyl (C=O) groups excluding carboxylic acids is 2. The Labute approximate surface area is 189 Å².